The van der Waals surface area contributed by atoms with Gasteiger partial charge in [0, 0.05) is 15.7 Å². The van der Waals surface area contributed by atoms with Crippen LogP contribution in [0.25, 0.3) is 0 Å². The second-order valence-electron chi connectivity index (χ2n) is 5.45. The lowest BCUT2D eigenvalue weighted by Gasteiger charge is -2.34. The number of urea groups is 1. The highest BCUT2D eigenvalue weighted by Crippen LogP contribution is 2.37. The van der Waals surface area contributed by atoms with Crippen LogP contribution in [0.2, 0.25) is 0 Å². The molecule has 0 aromatic heterocycles. The maximum Gasteiger partial charge on any atom is 0.319 e. The second-order valence-corrected chi connectivity index (χ2v) is 6.37. The van der Waals surface area contributed by atoms with Crippen molar-refractivity contribution in [3.8, 4) is 5.75 Å². The van der Waals surface area contributed by atoms with E-state index in [0.29, 0.717) is 17.0 Å². The van der Waals surface area contributed by atoms with E-state index in [-0.39, 0.29) is 6.10 Å². The van der Waals surface area contributed by atoms with E-state index >= 15 is 0 Å². The molecule has 0 aliphatic carbocycles. The van der Waals surface area contributed by atoms with Gasteiger partial charge in [-0.2, -0.15) is 0 Å². The Kier molecular flexibility index (Phi) is 5.30. The minimum atomic E-state index is -0.752. The van der Waals surface area contributed by atoms with Crippen LogP contribution in [0.4, 0.5) is 4.79 Å². The minimum absolute atomic E-state index is 0.266. The van der Waals surface area contributed by atoms with Crippen LogP contribution < -0.4 is 15.4 Å². The number of nitrogens with one attached hydrogen (secondary N) is 2. The van der Waals surface area contributed by atoms with Gasteiger partial charge in [-0.1, -0.05) is 22.5 Å². The van der Waals surface area contributed by atoms with Gasteiger partial charge in [-0.05, 0) is 32.0 Å². The van der Waals surface area contributed by atoms with Crippen molar-refractivity contribution in [2.75, 3.05) is 7.11 Å². The minimum Gasteiger partial charge on any atom is -0.496 e. The summed E-state index contributed by atoms with van der Waals surface area (Å²) in [5.74, 6) is -0.640. The molecular formula is C16H19BrN2O4. The maximum absolute atomic E-state index is 12.5. The fourth-order valence-electron chi connectivity index (χ4n) is 2.47. The molecule has 1 aromatic rings. The van der Waals surface area contributed by atoms with Crippen LogP contribution in [0.1, 0.15) is 25.5 Å². The van der Waals surface area contributed by atoms with Crippen LogP contribution in [0.15, 0.2) is 34.9 Å². The Labute approximate surface area is 143 Å². The van der Waals surface area contributed by atoms with Gasteiger partial charge in [-0.25, -0.2) is 4.79 Å². The third kappa shape index (κ3) is 3.85. The van der Waals surface area contributed by atoms with Crippen molar-refractivity contribution >= 4 is 27.9 Å². The number of methoxy groups -OCH3 is 1. The van der Waals surface area contributed by atoms with Crippen molar-refractivity contribution in [2.24, 2.45) is 5.92 Å². The van der Waals surface area contributed by atoms with Gasteiger partial charge >= 0.3 is 12.0 Å². The third-order valence-corrected chi connectivity index (χ3v) is 3.90. The molecule has 1 aliphatic heterocycles. The Morgan fingerprint density at radius 2 is 2.09 bits per heavy atom. The number of ether oxygens (including phenoxy) is 2. The molecular weight excluding hydrogens is 364 g/mol. The Morgan fingerprint density at radius 1 is 1.39 bits per heavy atom. The summed E-state index contributed by atoms with van der Waals surface area (Å²) >= 11 is 3.40. The lowest BCUT2D eigenvalue weighted by Crippen LogP contribution is -2.51. The van der Waals surface area contributed by atoms with Gasteiger partial charge < -0.3 is 20.1 Å². The van der Waals surface area contributed by atoms with Crippen LogP contribution in [-0.2, 0) is 9.53 Å². The first kappa shape index (κ1) is 17.3. The topological polar surface area (TPSA) is 76.7 Å². The normalized spacial score (nSPS) is 20.7. The largest absolute Gasteiger partial charge is 0.496 e. The standard InChI is InChI=1S/C16H19BrN2O4/c1-8(2)23-15(20)13-9(3)18-16(21)19-14(13)11-7-10(17)5-6-12(11)22-4/h5-8,13-14H,3H2,1-2,4H3,(H2,18,19,21). The summed E-state index contributed by atoms with van der Waals surface area (Å²) in [6.07, 6.45) is -0.266. The van der Waals surface area contributed by atoms with Crippen LogP contribution in [0.5, 0.6) is 5.75 Å². The molecule has 23 heavy (non-hydrogen) atoms. The van der Waals surface area contributed by atoms with E-state index in [2.05, 4.69) is 33.1 Å². The molecule has 0 radical (unpaired) electrons. The number of amides is 2. The van der Waals surface area contributed by atoms with E-state index in [9.17, 15) is 9.59 Å². The molecule has 124 valence electrons. The van der Waals surface area contributed by atoms with E-state index in [4.69, 9.17) is 9.47 Å². The van der Waals surface area contributed by atoms with Gasteiger partial charge in [-0.3, -0.25) is 4.79 Å². The lowest BCUT2D eigenvalue weighted by atomic mass is 9.88. The summed E-state index contributed by atoms with van der Waals surface area (Å²) in [7, 11) is 1.53. The highest BCUT2D eigenvalue weighted by atomic mass is 79.9. The van der Waals surface area contributed by atoms with E-state index < -0.39 is 24.0 Å². The van der Waals surface area contributed by atoms with Gasteiger partial charge in [0.1, 0.15) is 11.7 Å². The van der Waals surface area contributed by atoms with Crippen LogP contribution >= 0.6 is 15.9 Å². The smallest absolute Gasteiger partial charge is 0.319 e. The van der Waals surface area contributed by atoms with Crippen LogP contribution in [-0.4, -0.2) is 25.2 Å². The Hall–Kier alpha value is -2.02. The van der Waals surface area contributed by atoms with E-state index in [1.807, 2.05) is 6.07 Å². The maximum atomic E-state index is 12.5. The Balaban J connectivity index is 2.46. The lowest BCUT2D eigenvalue weighted by molar-refractivity contribution is -0.152. The molecule has 0 bridgehead atoms. The predicted octanol–water partition coefficient (Wildman–Crippen LogP) is 2.89. The first-order valence-corrected chi connectivity index (χ1v) is 7.93. The monoisotopic (exact) mass is 382 g/mol. The molecule has 1 aliphatic rings. The average molecular weight is 383 g/mol. The van der Waals surface area contributed by atoms with Gasteiger partial charge in [0.2, 0.25) is 0 Å². The van der Waals surface area contributed by atoms with E-state index in [1.54, 1.807) is 26.0 Å². The molecule has 0 spiro atoms. The third-order valence-electron chi connectivity index (χ3n) is 3.40. The SMILES string of the molecule is C=C1NC(=O)NC(c2cc(Br)ccc2OC)C1C(=O)OC(C)C. The summed E-state index contributed by atoms with van der Waals surface area (Å²) < 4.78 is 11.5. The molecule has 1 heterocycles. The fraction of sp³-hybridized carbons (Fsp3) is 0.375. The van der Waals surface area contributed by atoms with E-state index in [1.165, 1.54) is 7.11 Å². The molecule has 2 N–H and O–H groups in total. The summed E-state index contributed by atoms with van der Waals surface area (Å²) in [6.45, 7) is 7.34. The van der Waals surface area contributed by atoms with Crippen molar-refractivity contribution in [1.82, 2.24) is 10.6 Å². The molecule has 2 atom stereocenters. The highest BCUT2D eigenvalue weighted by Gasteiger charge is 2.40. The van der Waals surface area contributed by atoms with Gasteiger partial charge in [-0.15, -0.1) is 0 Å². The summed E-state index contributed by atoms with van der Waals surface area (Å²) in [4.78, 5) is 24.3. The van der Waals surface area contributed by atoms with E-state index in [0.717, 1.165) is 4.47 Å². The fourth-order valence-corrected chi connectivity index (χ4v) is 2.85. The molecule has 1 fully saturated rings. The zero-order chi connectivity index (χ0) is 17.1. The highest BCUT2D eigenvalue weighted by molar-refractivity contribution is 9.10. The first-order chi connectivity index (χ1) is 10.8. The molecule has 2 amide bonds. The van der Waals surface area contributed by atoms with Crippen molar-refractivity contribution in [3.63, 3.8) is 0 Å². The number of hydrogen-bond acceptors (Lipinski definition) is 4. The molecule has 7 heteroatoms. The molecule has 1 saturated heterocycles. The van der Waals surface area contributed by atoms with Gasteiger partial charge in [0.25, 0.3) is 0 Å². The van der Waals surface area contributed by atoms with Crippen molar-refractivity contribution in [1.29, 1.82) is 0 Å². The van der Waals surface area contributed by atoms with Crippen molar-refractivity contribution in [2.45, 2.75) is 26.0 Å². The summed E-state index contributed by atoms with van der Waals surface area (Å²) in [6, 6.07) is 4.34. The van der Waals surface area contributed by atoms with Gasteiger partial charge in [0.05, 0.1) is 19.3 Å². The molecule has 2 unspecified atom stereocenters. The number of rotatable bonds is 4. The summed E-state index contributed by atoms with van der Waals surface area (Å²) in [5.41, 5.74) is 0.968. The number of benzene rings is 1. The molecule has 1 aromatic carbocycles. The first-order valence-electron chi connectivity index (χ1n) is 7.13. The number of esters is 1. The number of carbonyl (C=O) groups is 2. The molecule has 2 rings (SSSR count). The Morgan fingerprint density at radius 3 is 2.70 bits per heavy atom. The van der Waals surface area contributed by atoms with Crippen LogP contribution in [0.3, 0.4) is 0 Å². The number of halogens is 1. The zero-order valence-electron chi connectivity index (χ0n) is 13.2. The number of hydrogen-bond donors (Lipinski definition) is 2. The predicted molar refractivity (Wildman–Crippen MR) is 89.0 cm³/mol. The quantitative estimate of drug-likeness (QED) is 0.784. The second kappa shape index (κ2) is 7.04. The Bertz CT molecular complexity index is 645. The van der Waals surface area contributed by atoms with Gasteiger partial charge in [0.15, 0.2) is 0 Å². The number of carbonyl (C=O) groups excluding carboxylic acids is 2. The zero-order valence-corrected chi connectivity index (χ0v) is 14.8. The molecule has 6 nitrogen and oxygen atoms in total. The summed E-state index contributed by atoms with van der Waals surface area (Å²) in [5, 5.41) is 5.29. The van der Waals surface area contributed by atoms with Crippen molar-refractivity contribution < 1.29 is 19.1 Å². The average Bonchev–Trinajstić information content (AvgIpc) is 2.45. The van der Waals surface area contributed by atoms with Crippen LogP contribution in [0, 0.1) is 5.92 Å². The molecule has 0 saturated carbocycles. The van der Waals surface area contributed by atoms with Crippen molar-refractivity contribution in [3.05, 3.63) is 40.5 Å².